The first-order valence-corrected chi connectivity index (χ1v) is 11.5. The predicted octanol–water partition coefficient (Wildman–Crippen LogP) is 4.84. The van der Waals surface area contributed by atoms with Crippen molar-refractivity contribution < 1.29 is 9.21 Å². The normalized spacial score (nSPS) is 17.8. The summed E-state index contributed by atoms with van der Waals surface area (Å²) in [5, 5.41) is 6.55. The monoisotopic (exact) mass is 454 g/mol. The maximum Gasteiger partial charge on any atom is 0.229 e. The quantitative estimate of drug-likeness (QED) is 0.577. The Balaban J connectivity index is 0.00000245. The molecule has 3 aromatic rings. The maximum absolute atomic E-state index is 12.8. The molecule has 170 valence electrons. The molecule has 0 bridgehead atoms. The molecular weight excluding hydrogens is 424 g/mol. The summed E-state index contributed by atoms with van der Waals surface area (Å²) < 4.78 is 6.16. The highest BCUT2D eigenvalue weighted by atomic mass is 35.5. The Morgan fingerprint density at radius 3 is 2.66 bits per heavy atom. The Hall–Kier alpha value is -2.41. The Bertz CT molecular complexity index is 1060. The number of hydrogen-bond donors (Lipinski definition) is 2. The third kappa shape index (κ3) is 4.98. The number of rotatable bonds is 5. The van der Waals surface area contributed by atoms with E-state index in [1.807, 2.05) is 36.4 Å². The minimum atomic E-state index is 0. The molecule has 0 radical (unpaired) electrons. The van der Waals surface area contributed by atoms with Crippen LogP contribution in [-0.2, 0) is 11.3 Å². The van der Waals surface area contributed by atoms with Crippen LogP contribution in [0.4, 0.5) is 5.69 Å². The lowest BCUT2D eigenvalue weighted by Gasteiger charge is -2.27. The van der Waals surface area contributed by atoms with Crippen molar-refractivity contribution in [1.29, 1.82) is 0 Å². The minimum Gasteiger partial charge on any atom is -0.436 e. The molecule has 2 aromatic carbocycles. The smallest absolute Gasteiger partial charge is 0.229 e. The van der Waals surface area contributed by atoms with Crippen molar-refractivity contribution in [2.24, 2.45) is 5.92 Å². The molecule has 2 aliphatic rings. The van der Waals surface area contributed by atoms with Crippen molar-refractivity contribution in [2.75, 3.05) is 31.5 Å². The Morgan fingerprint density at radius 1 is 1.06 bits per heavy atom. The number of carbonyl (C=O) groups excluding carboxylic acids is 1. The van der Waals surface area contributed by atoms with E-state index in [2.05, 4.69) is 21.6 Å². The van der Waals surface area contributed by atoms with Crippen LogP contribution in [0.15, 0.2) is 46.9 Å². The molecule has 1 saturated heterocycles. The van der Waals surface area contributed by atoms with Crippen LogP contribution in [0.5, 0.6) is 0 Å². The molecule has 5 rings (SSSR count). The van der Waals surface area contributed by atoms with Gasteiger partial charge in [-0.15, -0.1) is 12.4 Å². The molecule has 7 heteroatoms. The van der Waals surface area contributed by atoms with Crippen molar-refractivity contribution in [3.8, 4) is 11.5 Å². The van der Waals surface area contributed by atoms with Crippen LogP contribution in [0.1, 0.15) is 37.7 Å². The van der Waals surface area contributed by atoms with Gasteiger partial charge in [0.2, 0.25) is 11.8 Å². The van der Waals surface area contributed by atoms with Gasteiger partial charge in [0.25, 0.3) is 0 Å². The topological polar surface area (TPSA) is 70.4 Å². The van der Waals surface area contributed by atoms with Crippen molar-refractivity contribution in [3.05, 3.63) is 48.0 Å². The van der Waals surface area contributed by atoms with E-state index in [0.717, 1.165) is 80.8 Å². The molecule has 1 aliphatic heterocycles. The minimum absolute atomic E-state index is 0. The van der Waals surface area contributed by atoms with Gasteiger partial charge in [0.1, 0.15) is 5.52 Å². The fraction of sp³-hybridized carbons (Fsp3) is 0.440. The lowest BCUT2D eigenvalue weighted by atomic mass is 9.88. The highest BCUT2D eigenvalue weighted by molar-refractivity contribution is 5.96. The van der Waals surface area contributed by atoms with E-state index >= 15 is 0 Å². The van der Waals surface area contributed by atoms with Gasteiger partial charge in [0.15, 0.2) is 5.58 Å². The second kappa shape index (κ2) is 10.5. The summed E-state index contributed by atoms with van der Waals surface area (Å²) in [7, 11) is 0. The first-order valence-electron chi connectivity index (χ1n) is 11.5. The molecule has 6 nitrogen and oxygen atoms in total. The highest BCUT2D eigenvalue weighted by Gasteiger charge is 2.23. The maximum atomic E-state index is 12.8. The van der Waals surface area contributed by atoms with Crippen LogP contribution in [0.3, 0.4) is 0 Å². The second-order valence-corrected chi connectivity index (χ2v) is 8.68. The predicted molar refractivity (Wildman–Crippen MR) is 130 cm³/mol. The fourth-order valence-electron chi connectivity index (χ4n) is 4.74. The van der Waals surface area contributed by atoms with Gasteiger partial charge in [0, 0.05) is 38.6 Å². The number of hydrogen-bond acceptors (Lipinski definition) is 5. The molecule has 1 aromatic heterocycles. The zero-order valence-corrected chi connectivity index (χ0v) is 19.1. The molecule has 2 fully saturated rings. The summed E-state index contributed by atoms with van der Waals surface area (Å²) in [5.41, 5.74) is 4.47. The number of oxazole rings is 1. The van der Waals surface area contributed by atoms with E-state index in [0.29, 0.717) is 5.89 Å². The summed E-state index contributed by atoms with van der Waals surface area (Å²) in [4.78, 5) is 20.1. The van der Waals surface area contributed by atoms with Crippen LogP contribution in [0.2, 0.25) is 0 Å². The average Bonchev–Trinajstić information content (AvgIpc) is 3.26. The molecule has 32 heavy (non-hydrogen) atoms. The summed E-state index contributed by atoms with van der Waals surface area (Å²) >= 11 is 0. The Kier molecular flexibility index (Phi) is 7.45. The third-order valence-corrected chi connectivity index (χ3v) is 6.50. The number of halogens is 1. The van der Waals surface area contributed by atoms with E-state index in [4.69, 9.17) is 9.40 Å². The number of para-hydroxylation sites is 2. The van der Waals surface area contributed by atoms with Gasteiger partial charge in [-0.1, -0.05) is 43.5 Å². The molecule has 2 N–H and O–H groups in total. The van der Waals surface area contributed by atoms with E-state index in [1.165, 1.54) is 12.0 Å². The lowest BCUT2D eigenvalue weighted by molar-refractivity contribution is -0.120. The number of nitrogens with zero attached hydrogens (tertiary/aromatic N) is 2. The van der Waals surface area contributed by atoms with Gasteiger partial charge in [-0.05, 0) is 36.6 Å². The number of aromatic nitrogens is 1. The molecular formula is C25H31ClN4O2. The average molecular weight is 455 g/mol. The number of carbonyl (C=O) groups is 1. The lowest BCUT2D eigenvalue weighted by Crippen LogP contribution is -2.42. The number of anilines is 1. The highest BCUT2D eigenvalue weighted by Crippen LogP contribution is 2.33. The second-order valence-electron chi connectivity index (χ2n) is 8.68. The first-order chi connectivity index (χ1) is 15.3. The number of amides is 1. The molecule has 0 atom stereocenters. The van der Waals surface area contributed by atoms with Gasteiger partial charge in [-0.3, -0.25) is 9.69 Å². The van der Waals surface area contributed by atoms with Gasteiger partial charge < -0.3 is 15.1 Å². The SMILES string of the molecule is Cl.O=C(Nc1ccccc1-c1nc2c(CN3CCNCC3)cccc2o1)C1CCCCC1. The molecule has 1 amide bonds. The van der Waals surface area contributed by atoms with Crippen LogP contribution >= 0.6 is 12.4 Å². The van der Waals surface area contributed by atoms with E-state index in [9.17, 15) is 4.79 Å². The van der Waals surface area contributed by atoms with Crippen LogP contribution in [0.25, 0.3) is 22.6 Å². The van der Waals surface area contributed by atoms with Crippen LogP contribution in [-0.4, -0.2) is 42.0 Å². The van der Waals surface area contributed by atoms with E-state index in [-0.39, 0.29) is 24.2 Å². The molecule has 2 heterocycles. The van der Waals surface area contributed by atoms with Crippen molar-refractivity contribution >= 4 is 35.1 Å². The molecule has 0 spiro atoms. The number of benzene rings is 2. The Labute approximate surface area is 195 Å². The van der Waals surface area contributed by atoms with Crippen LogP contribution in [0, 0.1) is 5.92 Å². The third-order valence-electron chi connectivity index (χ3n) is 6.50. The summed E-state index contributed by atoms with van der Waals surface area (Å²) in [6.07, 6.45) is 5.47. The fourth-order valence-corrected chi connectivity index (χ4v) is 4.74. The van der Waals surface area contributed by atoms with Gasteiger partial charge in [0.05, 0.1) is 11.3 Å². The van der Waals surface area contributed by atoms with Crippen molar-refractivity contribution in [1.82, 2.24) is 15.2 Å². The molecule has 1 saturated carbocycles. The first kappa shape index (κ1) is 22.8. The van der Waals surface area contributed by atoms with E-state index < -0.39 is 0 Å². The molecule has 0 unspecified atom stereocenters. The van der Waals surface area contributed by atoms with Crippen molar-refractivity contribution in [2.45, 2.75) is 38.6 Å². The van der Waals surface area contributed by atoms with Gasteiger partial charge in [-0.25, -0.2) is 4.98 Å². The number of piperazine rings is 1. The Morgan fingerprint density at radius 2 is 1.84 bits per heavy atom. The largest absolute Gasteiger partial charge is 0.436 e. The summed E-state index contributed by atoms with van der Waals surface area (Å²) in [6.45, 7) is 4.99. The number of nitrogens with one attached hydrogen (secondary N) is 2. The zero-order valence-electron chi connectivity index (χ0n) is 18.3. The summed E-state index contributed by atoms with van der Waals surface area (Å²) in [5.74, 6) is 0.779. The zero-order chi connectivity index (χ0) is 21.0. The standard InChI is InChI=1S/C25H30N4O2.ClH/c30-24(18-7-2-1-3-8-18)27-21-11-5-4-10-20(21)25-28-23-19(9-6-12-22(23)31-25)17-29-15-13-26-14-16-29;/h4-6,9-12,18,26H,1-3,7-8,13-17H2,(H,27,30);1H. The van der Waals surface area contributed by atoms with E-state index in [1.54, 1.807) is 0 Å². The van der Waals surface area contributed by atoms with Gasteiger partial charge >= 0.3 is 0 Å². The van der Waals surface area contributed by atoms with Gasteiger partial charge in [-0.2, -0.15) is 0 Å². The molecule has 1 aliphatic carbocycles. The van der Waals surface area contributed by atoms with Crippen molar-refractivity contribution in [3.63, 3.8) is 0 Å². The summed E-state index contributed by atoms with van der Waals surface area (Å²) in [6, 6.07) is 13.9. The van der Waals surface area contributed by atoms with Crippen LogP contribution < -0.4 is 10.6 Å². The number of fused-ring (bicyclic) bond motifs is 1.